The molecule has 90 valence electrons. The lowest BCUT2D eigenvalue weighted by molar-refractivity contribution is 0.102. The number of Topliss-reactive ketones (excluding diaryl/α,β-unsaturated/α-hetero) is 1. The summed E-state index contributed by atoms with van der Waals surface area (Å²) < 4.78 is 0. The van der Waals surface area contributed by atoms with Crippen molar-refractivity contribution in [3.05, 3.63) is 62.9 Å². The van der Waals surface area contributed by atoms with Crippen molar-refractivity contribution in [3.63, 3.8) is 0 Å². The highest BCUT2D eigenvalue weighted by atomic mass is 32.1. The summed E-state index contributed by atoms with van der Waals surface area (Å²) in [4.78, 5) is 14.8. The van der Waals surface area contributed by atoms with E-state index < -0.39 is 0 Å². The van der Waals surface area contributed by atoms with Crippen molar-refractivity contribution in [3.8, 4) is 0 Å². The van der Waals surface area contributed by atoms with Crippen LogP contribution >= 0.6 is 11.3 Å². The molecule has 0 atom stereocenters. The highest BCUT2D eigenvalue weighted by Crippen LogP contribution is 2.28. The van der Waals surface area contributed by atoms with Crippen molar-refractivity contribution in [2.45, 2.75) is 19.8 Å². The minimum atomic E-state index is 0.197. The minimum absolute atomic E-state index is 0.197. The molecule has 1 aliphatic carbocycles. The number of hydrogen-bond donors (Lipinski definition) is 0. The standard InChI is InChI=1S/C16H14OS/c1-11-6-9-14(18-11)10-13-8-7-12-4-2-3-5-15(12)16(13)17/h2-6,9-10H,7-8H2,1H3/b13-10-. The van der Waals surface area contributed by atoms with Gasteiger partial charge in [0.05, 0.1) is 0 Å². The summed E-state index contributed by atoms with van der Waals surface area (Å²) in [5.41, 5.74) is 3.00. The summed E-state index contributed by atoms with van der Waals surface area (Å²) in [5, 5.41) is 0. The molecular weight excluding hydrogens is 240 g/mol. The largest absolute Gasteiger partial charge is 0.289 e. The number of ketones is 1. The van der Waals surface area contributed by atoms with Gasteiger partial charge in [0.25, 0.3) is 0 Å². The lowest BCUT2D eigenvalue weighted by Crippen LogP contribution is -2.13. The van der Waals surface area contributed by atoms with Crippen LogP contribution in [0.25, 0.3) is 6.08 Å². The molecule has 0 saturated heterocycles. The second-order valence-electron chi connectivity index (χ2n) is 4.60. The van der Waals surface area contributed by atoms with E-state index in [1.165, 1.54) is 15.3 Å². The average Bonchev–Trinajstić information content (AvgIpc) is 2.79. The molecule has 18 heavy (non-hydrogen) atoms. The van der Waals surface area contributed by atoms with Crippen molar-refractivity contribution in [1.29, 1.82) is 0 Å². The van der Waals surface area contributed by atoms with Gasteiger partial charge in [-0.15, -0.1) is 11.3 Å². The first-order valence-electron chi connectivity index (χ1n) is 6.13. The SMILES string of the molecule is Cc1ccc(/C=C2/CCc3ccccc3C2=O)s1. The fourth-order valence-electron chi connectivity index (χ4n) is 2.36. The Morgan fingerprint density at radius 1 is 1.11 bits per heavy atom. The molecule has 0 amide bonds. The van der Waals surface area contributed by atoms with Crippen molar-refractivity contribution in [2.75, 3.05) is 0 Å². The molecule has 1 nitrogen and oxygen atoms in total. The quantitative estimate of drug-likeness (QED) is 0.695. The molecule has 2 aromatic rings. The van der Waals surface area contributed by atoms with Gasteiger partial charge >= 0.3 is 0 Å². The summed E-state index contributed by atoms with van der Waals surface area (Å²) in [7, 11) is 0. The maximum Gasteiger partial charge on any atom is 0.189 e. The molecule has 0 radical (unpaired) electrons. The number of carbonyl (C=O) groups excluding carboxylic acids is 1. The van der Waals surface area contributed by atoms with Crippen LogP contribution in [-0.2, 0) is 6.42 Å². The molecule has 0 spiro atoms. The minimum Gasteiger partial charge on any atom is -0.289 e. The highest BCUT2D eigenvalue weighted by Gasteiger charge is 2.21. The van der Waals surface area contributed by atoms with Crippen LogP contribution in [0.3, 0.4) is 0 Å². The first-order valence-corrected chi connectivity index (χ1v) is 6.95. The van der Waals surface area contributed by atoms with Gasteiger partial charge in [0, 0.05) is 20.9 Å². The third-order valence-electron chi connectivity index (χ3n) is 3.29. The van der Waals surface area contributed by atoms with Crippen LogP contribution in [0.15, 0.2) is 42.0 Å². The maximum absolute atomic E-state index is 12.4. The van der Waals surface area contributed by atoms with E-state index in [-0.39, 0.29) is 5.78 Å². The van der Waals surface area contributed by atoms with Crippen molar-refractivity contribution < 1.29 is 4.79 Å². The van der Waals surface area contributed by atoms with Gasteiger partial charge in [-0.2, -0.15) is 0 Å². The van der Waals surface area contributed by atoms with Crippen molar-refractivity contribution in [1.82, 2.24) is 0 Å². The summed E-state index contributed by atoms with van der Waals surface area (Å²) in [6, 6.07) is 12.1. The van der Waals surface area contributed by atoms with Gasteiger partial charge in [0.15, 0.2) is 5.78 Å². The van der Waals surface area contributed by atoms with Crippen LogP contribution in [0.1, 0.15) is 32.1 Å². The van der Waals surface area contributed by atoms with E-state index in [0.29, 0.717) is 0 Å². The summed E-state index contributed by atoms with van der Waals surface area (Å²) >= 11 is 1.74. The zero-order valence-corrected chi connectivity index (χ0v) is 11.1. The summed E-state index contributed by atoms with van der Waals surface area (Å²) in [6.07, 6.45) is 3.88. The second kappa shape index (κ2) is 4.54. The van der Waals surface area contributed by atoms with E-state index in [2.05, 4.69) is 31.2 Å². The predicted molar refractivity (Wildman–Crippen MR) is 76.1 cm³/mol. The Hall–Kier alpha value is -1.67. The Kier molecular flexibility index (Phi) is 2.88. The molecule has 1 aromatic carbocycles. The molecule has 0 fully saturated rings. The molecule has 1 aliphatic rings. The van der Waals surface area contributed by atoms with E-state index in [1.54, 1.807) is 11.3 Å². The predicted octanol–water partition coefficient (Wildman–Crippen LogP) is 4.27. The monoisotopic (exact) mass is 254 g/mol. The normalized spacial score (nSPS) is 16.9. The van der Waals surface area contributed by atoms with Crippen LogP contribution in [-0.4, -0.2) is 5.78 Å². The van der Waals surface area contributed by atoms with Gasteiger partial charge < -0.3 is 0 Å². The van der Waals surface area contributed by atoms with E-state index in [0.717, 1.165) is 24.0 Å². The highest BCUT2D eigenvalue weighted by molar-refractivity contribution is 7.12. The van der Waals surface area contributed by atoms with Gasteiger partial charge in [0.2, 0.25) is 0 Å². The molecule has 0 bridgehead atoms. The van der Waals surface area contributed by atoms with Gasteiger partial charge in [-0.3, -0.25) is 4.79 Å². The Balaban J connectivity index is 1.98. The first-order chi connectivity index (χ1) is 8.74. The van der Waals surface area contributed by atoms with Gasteiger partial charge in [-0.1, -0.05) is 24.3 Å². The first kappa shape index (κ1) is 11.4. The molecule has 0 aliphatic heterocycles. The fourth-order valence-corrected chi connectivity index (χ4v) is 3.20. The molecule has 2 heteroatoms. The van der Waals surface area contributed by atoms with Crippen LogP contribution in [0.5, 0.6) is 0 Å². The molecule has 1 aromatic heterocycles. The Morgan fingerprint density at radius 2 is 1.94 bits per heavy atom. The van der Waals surface area contributed by atoms with Crippen LogP contribution in [0, 0.1) is 6.92 Å². The number of fused-ring (bicyclic) bond motifs is 1. The van der Waals surface area contributed by atoms with Gasteiger partial charge in [-0.05, 0) is 43.5 Å². The number of hydrogen-bond acceptors (Lipinski definition) is 2. The number of carbonyl (C=O) groups is 1. The van der Waals surface area contributed by atoms with Crippen molar-refractivity contribution in [2.24, 2.45) is 0 Å². The molecular formula is C16H14OS. The Bertz CT molecular complexity index is 634. The van der Waals surface area contributed by atoms with E-state index >= 15 is 0 Å². The zero-order valence-electron chi connectivity index (χ0n) is 10.3. The number of rotatable bonds is 1. The van der Waals surface area contributed by atoms with Crippen LogP contribution in [0.2, 0.25) is 0 Å². The Morgan fingerprint density at radius 3 is 2.72 bits per heavy atom. The van der Waals surface area contributed by atoms with E-state index in [4.69, 9.17) is 0 Å². The fraction of sp³-hybridized carbons (Fsp3) is 0.188. The number of aryl methyl sites for hydroxylation is 2. The molecule has 1 heterocycles. The lowest BCUT2D eigenvalue weighted by Gasteiger charge is -2.16. The second-order valence-corrected chi connectivity index (χ2v) is 5.92. The maximum atomic E-state index is 12.4. The zero-order chi connectivity index (χ0) is 12.5. The Labute approximate surface area is 111 Å². The van der Waals surface area contributed by atoms with Crippen LogP contribution in [0.4, 0.5) is 0 Å². The van der Waals surface area contributed by atoms with E-state index in [9.17, 15) is 4.79 Å². The lowest BCUT2D eigenvalue weighted by atomic mass is 9.86. The topological polar surface area (TPSA) is 17.1 Å². The average molecular weight is 254 g/mol. The smallest absolute Gasteiger partial charge is 0.189 e. The van der Waals surface area contributed by atoms with E-state index in [1.807, 2.05) is 18.2 Å². The summed E-state index contributed by atoms with van der Waals surface area (Å²) in [6.45, 7) is 2.09. The molecule has 0 N–H and O–H groups in total. The molecule has 3 rings (SSSR count). The number of allylic oxidation sites excluding steroid dienone is 1. The van der Waals surface area contributed by atoms with Crippen molar-refractivity contribution >= 4 is 23.2 Å². The van der Waals surface area contributed by atoms with Crippen LogP contribution < -0.4 is 0 Å². The third-order valence-corrected chi connectivity index (χ3v) is 4.24. The number of benzene rings is 1. The number of thiophene rings is 1. The van der Waals surface area contributed by atoms with Gasteiger partial charge in [-0.25, -0.2) is 0 Å². The summed E-state index contributed by atoms with van der Waals surface area (Å²) in [5.74, 6) is 0.197. The molecule has 0 saturated carbocycles. The third kappa shape index (κ3) is 2.04. The molecule has 0 unspecified atom stereocenters. The van der Waals surface area contributed by atoms with Gasteiger partial charge in [0.1, 0.15) is 0 Å².